The van der Waals surface area contributed by atoms with Crippen molar-refractivity contribution in [3.8, 4) is 0 Å². The van der Waals surface area contributed by atoms with Crippen LogP contribution in [0.25, 0.3) is 0 Å². The van der Waals surface area contributed by atoms with Gasteiger partial charge in [0.05, 0.1) is 22.7 Å². The van der Waals surface area contributed by atoms with Gasteiger partial charge in [0.1, 0.15) is 0 Å². The molecule has 1 heterocycles. The summed E-state index contributed by atoms with van der Waals surface area (Å²) in [6.07, 6.45) is 0.0631. The summed E-state index contributed by atoms with van der Waals surface area (Å²) in [5.74, 6) is -0.152. The van der Waals surface area contributed by atoms with Gasteiger partial charge >= 0.3 is 0 Å². The molecular formula is C13H18N4O4. The highest BCUT2D eigenvalue weighted by Gasteiger charge is 2.26. The zero-order chi connectivity index (χ0) is 15.6. The number of rotatable bonds is 3. The van der Waals surface area contributed by atoms with Crippen molar-refractivity contribution >= 4 is 17.2 Å². The van der Waals surface area contributed by atoms with Gasteiger partial charge in [-0.1, -0.05) is 5.16 Å². The molecular weight excluding hydrogens is 276 g/mol. The molecule has 1 aromatic carbocycles. The Bertz CT molecular complexity index is 565. The maximum atomic E-state index is 10.9. The summed E-state index contributed by atoms with van der Waals surface area (Å²) < 4.78 is 5.67. The number of anilines is 1. The van der Waals surface area contributed by atoms with Gasteiger partial charge in [0.2, 0.25) is 0 Å². The van der Waals surface area contributed by atoms with Gasteiger partial charge in [-0.3, -0.25) is 10.1 Å². The number of nitro benzene ring substituents is 1. The minimum absolute atomic E-state index is 0.0316. The van der Waals surface area contributed by atoms with Crippen LogP contribution in [-0.2, 0) is 4.74 Å². The zero-order valence-corrected chi connectivity index (χ0v) is 11.9. The largest absolute Gasteiger partial charge is 0.409 e. The van der Waals surface area contributed by atoms with Crippen LogP contribution in [0.15, 0.2) is 23.4 Å². The highest BCUT2D eigenvalue weighted by atomic mass is 16.6. The lowest BCUT2D eigenvalue weighted by molar-refractivity contribution is -0.384. The van der Waals surface area contributed by atoms with E-state index < -0.39 is 4.92 Å². The summed E-state index contributed by atoms with van der Waals surface area (Å²) in [4.78, 5) is 12.4. The predicted molar refractivity (Wildman–Crippen MR) is 77.8 cm³/mol. The number of oxime groups is 1. The van der Waals surface area contributed by atoms with Crippen molar-refractivity contribution in [1.82, 2.24) is 0 Å². The predicted octanol–water partition coefficient (Wildman–Crippen LogP) is 1.30. The number of benzene rings is 1. The minimum Gasteiger partial charge on any atom is -0.409 e. The maximum absolute atomic E-state index is 10.9. The molecule has 114 valence electrons. The molecule has 0 spiro atoms. The molecule has 0 aliphatic carbocycles. The van der Waals surface area contributed by atoms with Crippen molar-refractivity contribution in [2.45, 2.75) is 26.1 Å². The van der Waals surface area contributed by atoms with E-state index in [1.54, 1.807) is 6.07 Å². The minimum atomic E-state index is -0.511. The summed E-state index contributed by atoms with van der Waals surface area (Å²) in [5.41, 5.74) is 6.59. The van der Waals surface area contributed by atoms with Crippen LogP contribution < -0.4 is 10.6 Å². The van der Waals surface area contributed by atoms with E-state index >= 15 is 0 Å². The molecule has 8 heteroatoms. The number of hydrogen-bond acceptors (Lipinski definition) is 6. The van der Waals surface area contributed by atoms with E-state index in [1.807, 2.05) is 18.7 Å². The third-order valence-electron chi connectivity index (χ3n) is 3.33. The lowest BCUT2D eigenvalue weighted by Gasteiger charge is -2.37. The number of hydrogen-bond donors (Lipinski definition) is 2. The third-order valence-corrected chi connectivity index (χ3v) is 3.33. The SMILES string of the molecule is CC1CN(c2ccc([N+](=O)[O-])cc2C(N)=NO)CC(C)O1. The van der Waals surface area contributed by atoms with Crippen LogP contribution in [0, 0.1) is 10.1 Å². The standard InChI is InChI=1S/C13H18N4O4/c1-8-6-16(7-9(2)21-8)12-4-3-10(17(19)20)5-11(12)13(14)15-18/h3-5,8-9,18H,6-7H2,1-2H3,(H2,14,15). The number of morpholine rings is 1. The van der Waals surface area contributed by atoms with Gasteiger partial charge in [0.25, 0.3) is 5.69 Å². The molecule has 3 N–H and O–H groups in total. The van der Waals surface area contributed by atoms with Gasteiger partial charge < -0.3 is 20.6 Å². The van der Waals surface area contributed by atoms with E-state index in [9.17, 15) is 10.1 Å². The molecule has 0 bridgehead atoms. The zero-order valence-electron chi connectivity index (χ0n) is 11.9. The molecule has 1 fully saturated rings. The number of non-ortho nitro benzene ring substituents is 1. The Balaban J connectivity index is 2.44. The lowest BCUT2D eigenvalue weighted by atomic mass is 10.1. The topological polar surface area (TPSA) is 114 Å². The fourth-order valence-corrected chi connectivity index (χ4v) is 2.55. The average molecular weight is 294 g/mol. The van der Waals surface area contributed by atoms with Crippen LogP contribution in [0.5, 0.6) is 0 Å². The highest BCUT2D eigenvalue weighted by Crippen LogP contribution is 2.28. The summed E-state index contributed by atoms with van der Waals surface area (Å²) in [5, 5.41) is 22.7. The molecule has 0 saturated carbocycles. The van der Waals surface area contributed by atoms with E-state index in [0.29, 0.717) is 24.3 Å². The summed E-state index contributed by atoms with van der Waals surface area (Å²) in [7, 11) is 0. The number of ether oxygens (including phenoxy) is 1. The summed E-state index contributed by atoms with van der Waals surface area (Å²) >= 11 is 0. The number of nitro groups is 1. The molecule has 0 aromatic heterocycles. The first-order valence-corrected chi connectivity index (χ1v) is 6.59. The van der Waals surface area contributed by atoms with Crippen molar-refractivity contribution in [3.05, 3.63) is 33.9 Å². The fourth-order valence-electron chi connectivity index (χ4n) is 2.55. The van der Waals surface area contributed by atoms with Gasteiger partial charge in [0, 0.05) is 30.9 Å². The molecule has 1 saturated heterocycles. The molecule has 2 rings (SSSR count). The van der Waals surface area contributed by atoms with E-state index in [-0.39, 0.29) is 23.7 Å². The Kier molecular flexibility index (Phi) is 4.27. The van der Waals surface area contributed by atoms with Gasteiger partial charge in [0.15, 0.2) is 5.84 Å². The normalized spacial score (nSPS) is 23.1. The summed E-state index contributed by atoms with van der Waals surface area (Å²) in [6.45, 7) is 5.18. The van der Waals surface area contributed by atoms with E-state index in [1.165, 1.54) is 12.1 Å². The monoisotopic (exact) mass is 294 g/mol. The fraction of sp³-hybridized carbons (Fsp3) is 0.462. The summed E-state index contributed by atoms with van der Waals surface area (Å²) in [6, 6.07) is 4.35. The molecule has 1 aliphatic heterocycles. The first-order chi connectivity index (χ1) is 9.92. The van der Waals surface area contributed by atoms with Gasteiger partial charge in [-0.05, 0) is 19.9 Å². The molecule has 0 radical (unpaired) electrons. The average Bonchev–Trinajstić information content (AvgIpc) is 2.44. The van der Waals surface area contributed by atoms with Gasteiger partial charge in [-0.25, -0.2) is 0 Å². The highest BCUT2D eigenvalue weighted by molar-refractivity contribution is 6.02. The second-order valence-electron chi connectivity index (χ2n) is 5.11. The Morgan fingerprint density at radius 1 is 1.48 bits per heavy atom. The molecule has 2 atom stereocenters. The third kappa shape index (κ3) is 3.22. The van der Waals surface area contributed by atoms with Crippen molar-refractivity contribution in [2.24, 2.45) is 10.9 Å². The van der Waals surface area contributed by atoms with Crippen molar-refractivity contribution < 1.29 is 14.9 Å². The number of nitrogens with two attached hydrogens (primary N) is 1. The van der Waals surface area contributed by atoms with Gasteiger partial charge in [-0.15, -0.1) is 0 Å². The van der Waals surface area contributed by atoms with Crippen LogP contribution in [0.1, 0.15) is 19.4 Å². The Labute approximate surface area is 121 Å². The molecule has 21 heavy (non-hydrogen) atoms. The quantitative estimate of drug-likeness (QED) is 0.285. The number of amidine groups is 1. The van der Waals surface area contributed by atoms with Crippen molar-refractivity contribution in [2.75, 3.05) is 18.0 Å². The molecule has 1 aliphatic rings. The second-order valence-corrected chi connectivity index (χ2v) is 5.11. The molecule has 8 nitrogen and oxygen atoms in total. The van der Waals surface area contributed by atoms with Crippen molar-refractivity contribution in [3.63, 3.8) is 0 Å². The molecule has 2 unspecified atom stereocenters. The molecule has 0 amide bonds. The van der Waals surface area contributed by atoms with E-state index in [2.05, 4.69) is 5.16 Å². The number of nitrogens with zero attached hydrogens (tertiary/aromatic N) is 3. The Morgan fingerprint density at radius 3 is 2.62 bits per heavy atom. The lowest BCUT2D eigenvalue weighted by Crippen LogP contribution is -2.46. The van der Waals surface area contributed by atoms with Crippen LogP contribution in [-0.4, -0.2) is 41.3 Å². The van der Waals surface area contributed by atoms with Crippen molar-refractivity contribution in [1.29, 1.82) is 0 Å². The smallest absolute Gasteiger partial charge is 0.270 e. The van der Waals surface area contributed by atoms with Crippen LogP contribution in [0.3, 0.4) is 0 Å². The first-order valence-electron chi connectivity index (χ1n) is 6.59. The first kappa shape index (κ1) is 15.0. The Morgan fingerprint density at radius 2 is 2.10 bits per heavy atom. The maximum Gasteiger partial charge on any atom is 0.270 e. The van der Waals surface area contributed by atoms with Crippen LogP contribution in [0.4, 0.5) is 11.4 Å². The van der Waals surface area contributed by atoms with E-state index in [4.69, 9.17) is 15.7 Å². The van der Waals surface area contributed by atoms with Crippen LogP contribution in [0.2, 0.25) is 0 Å². The molecule has 1 aromatic rings. The van der Waals surface area contributed by atoms with E-state index in [0.717, 1.165) is 0 Å². The van der Waals surface area contributed by atoms with Crippen LogP contribution >= 0.6 is 0 Å². The Hall–Kier alpha value is -2.35. The van der Waals surface area contributed by atoms with Gasteiger partial charge in [-0.2, -0.15) is 0 Å². The second kappa shape index (κ2) is 5.96.